The number of benzene rings is 1. The van der Waals surface area contributed by atoms with E-state index in [0.29, 0.717) is 17.8 Å². The van der Waals surface area contributed by atoms with Crippen LogP contribution < -0.4 is 4.90 Å². The van der Waals surface area contributed by atoms with Crippen LogP contribution in [0.1, 0.15) is 23.0 Å². The summed E-state index contributed by atoms with van der Waals surface area (Å²) in [4.78, 5) is 14.1. The second kappa shape index (κ2) is 5.14. The lowest BCUT2D eigenvalue weighted by Gasteiger charge is -2.21. The number of hydrogen-bond donors (Lipinski definition) is 1. The molecule has 0 aliphatic heterocycles. The smallest absolute Gasteiger partial charge is 0.261 e. The maximum Gasteiger partial charge on any atom is 0.261 e. The number of rotatable bonds is 3. The van der Waals surface area contributed by atoms with Gasteiger partial charge in [-0.25, -0.2) is 0 Å². The van der Waals surface area contributed by atoms with Crippen LogP contribution in [-0.4, -0.2) is 27.3 Å². The van der Waals surface area contributed by atoms with E-state index in [2.05, 4.69) is 5.10 Å². The Morgan fingerprint density at radius 3 is 2.74 bits per heavy atom. The molecule has 0 aliphatic rings. The molecule has 1 aromatic carbocycles. The Balaban J connectivity index is 2.37. The van der Waals surface area contributed by atoms with Gasteiger partial charge in [-0.3, -0.25) is 9.48 Å². The fourth-order valence-corrected chi connectivity index (χ4v) is 1.96. The average Bonchev–Trinajstić information content (AvgIpc) is 2.71. The Labute approximate surface area is 112 Å². The standard InChI is InChI=1S/C14H17N3O2/c1-4-17(11-6-5-7-12(18)8-11)14(19)13-9-15-16(3)10(13)2/h5-9,18H,4H2,1-3H3. The zero-order valence-electron chi connectivity index (χ0n) is 11.3. The van der Waals surface area contributed by atoms with Crippen LogP contribution in [0.2, 0.25) is 0 Å². The van der Waals surface area contributed by atoms with Crippen molar-refractivity contribution >= 4 is 11.6 Å². The minimum atomic E-state index is -0.112. The van der Waals surface area contributed by atoms with Crippen LogP contribution in [0.5, 0.6) is 5.75 Å². The Morgan fingerprint density at radius 2 is 2.21 bits per heavy atom. The first kappa shape index (κ1) is 13.1. The molecular formula is C14H17N3O2. The van der Waals surface area contributed by atoms with Gasteiger partial charge in [0.25, 0.3) is 5.91 Å². The van der Waals surface area contributed by atoms with Crippen molar-refractivity contribution in [3.8, 4) is 5.75 Å². The van der Waals surface area contributed by atoms with E-state index < -0.39 is 0 Å². The molecule has 0 saturated carbocycles. The van der Waals surface area contributed by atoms with Gasteiger partial charge in [0.1, 0.15) is 5.75 Å². The second-order valence-electron chi connectivity index (χ2n) is 4.34. The summed E-state index contributed by atoms with van der Waals surface area (Å²) in [6.45, 7) is 4.28. The predicted octanol–water partition coefficient (Wildman–Crippen LogP) is 2.10. The van der Waals surface area contributed by atoms with E-state index in [1.54, 1.807) is 47.1 Å². The van der Waals surface area contributed by atoms with Crippen LogP contribution in [0.15, 0.2) is 30.5 Å². The van der Waals surface area contributed by atoms with Crippen molar-refractivity contribution in [1.29, 1.82) is 0 Å². The Kier molecular flexibility index (Phi) is 3.55. The summed E-state index contributed by atoms with van der Waals surface area (Å²) >= 11 is 0. The number of carbonyl (C=O) groups is 1. The second-order valence-corrected chi connectivity index (χ2v) is 4.34. The molecule has 0 radical (unpaired) electrons. The monoisotopic (exact) mass is 259 g/mol. The lowest BCUT2D eigenvalue weighted by atomic mass is 10.2. The number of aromatic nitrogens is 2. The van der Waals surface area contributed by atoms with Crippen molar-refractivity contribution in [1.82, 2.24) is 9.78 Å². The molecule has 0 atom stereocenters. The fourth-order valence-electron chi connectivity index (χ4n) is 1.96. The third kappa shape index (κ3) is 2.45. The molecule has 19 heavy (non-hydrogen) atoms. The van der Waals surface area contributed by atoms with Crippen LogP contribution in [-0.2, 0) is 7.05 Å². The average molecular weight is 259 g/mol. The third-order valence-electron chi connectivity index (χ3n) is 3.17. The molecule has 1 amide bonds. The van der Waals surface area contributed by atoms with E-state index in [9.17, 15) is 9.90 Å². The van der Waals surface area contributed by atoms with Gasteiger partial charge in [-0.05, 0) is 26.0 Å². The van der Waals surface area contributed by atoms with Crippen LogP contribution >= 0.6 is 0 Å². The quantitative estimate of drug-likeness (QED) is 0.918. The maximum absolute atomic E-state index is 12.5. The Hall–Kier alpha value is -2.30. The Bertz CT molecular complexity index is 604. The van der Waals surface area contributed by atoms with E-state index in [1.807, 2.05) is 13.8 Å². The van der Waals surface area contributed by atoms with E-state index in [4.69, 9.17) is 0 Å². The largest absolute Gasteiger partial charge is 0.508 e. The van der Waals surface area contributed by atoms with Crippen molar-refractivity contribution in [3.05, 3.63) is 41.7 Å². The summed E-state index contributed by atoms with van der Waals surface area (Å²) in [6, 6.07) is 6.67. The summed E-state index contributed by atoms with van der Waals surface area (Å²) in [5, 5.41) is 13.6. The topological polar surface area (TPSA) is 58.4 Å². The number of amides is 1. The molecule has 0 fully saturated rings. The highest BCUT2D eigenvalue weighted by molar-refractivity contribution is 6.06. The van der Waals surface area contributed by atoms with Gasteiger partial charge in [0.05, 0.1) is 11.8 Å². The van der Waals surface area contributed by atoms with Gasteiger partial charge >= 0.3 is 0 Å². The molecule has 1 heterocycles. The first-order chi connectivity index (χ1) is 9.04. The first-order valence-electron chi connectivity index (χ1n) is 6.14. The molecule has 1 aromatic heterocycles. The molecule has 100 valence electrons. The number of aromatic hydroxyl groups is 1. The van der Waals surface area contributed by atoms with Crippen molar-refractivity contribution in [2.24, 2.45) is 7.05 Å². The summed E-state index contributed by atoms with van der Waals surface area (Å²) in [5.41, 5.74) is 2.08. The maximum atomic E-state index is 12.5. The first-order valence-corrected chi connectivity index (χ1v) is 6.14. The number of nitrogens with zero attached hydrogens (tertiary/aromatic N) is 3. The lowest BCUT2D eigenvalue weighted by Crippen LogP contribution is -2.30. The minimum absolute atomic E-state index is 0.112. The van der Waals surface area contributed by atoms with E-state index >= 15 is 0 Å². The zero-order chi connectivity index (χ0) is 14.0. The lowest BCUT2D eigenvalue weighted by molar-refractivity contribution is 0.0987. The molecule has 5 nitrogen and oxygen atoms in total. The van der Waals surface area contributed by atoms with Gasteiger partial charge in [-0.1, -0.05) is 6.07 Å². The minimum Gasteiger partial charge on any atom is -0.508 e. The highest BCUT2D eigenvalue weighted by Crippen LogP contribution is 2.22. The number of phenolic OH excluding ortho intramolecular Hbond substituents is 1. The van der Waals surface area contributed by atoms with Crippen molar-refractivity contribution < 1.29 is 9.90 Å². The molecule has 0 spiro atoms. The van der Waals surface area contributed by atoms with Crippen LogP contribution in [0.3, 0.4) is 0 Å². The van der Waals surface area contributed by atoms with Crippen LogP contribution in [0.25, 0.3) is 0 Å². The van der Waals surface area contributed by atoms with Gasteiger partial charge in [-0.2, -0.15) is 5.10 Å². The van der Waals surface area contributed by atoms with Gasteiger partial charge < -0.3 is 10.0 Å². The van der Waals surface area contributed by atoms with E-state index in [-0.39, 0.29) is 11.7 Å². The van der Waals surface area contributed by atoms with Gasteiger partial charge in [0.2, 0.25) is 0 Å². The molecule has 0 bridgehead atoms. The Morgan fingerprint density at radius 1 is 1.47 bits per heavy atom. The normalized spacial score (nSPS) is 10.5. The van der Waals surface area contributed by atoms with Crippen molar-refractivity contribution in [3.63, 3.8) is 0 Å². The summed E-state index contributed by atoms with van der Waals surface area (Å²) in [5.74, 6) is 0.0327. The number of carbonyl (C=O) groups excluding carboxylic acids is 1. The predicted molar refractivity (Wildman–Crippen MR) is 73.4 cm³/mol. The van der Waals surface area contributed by atoms with Crippen LogP contribution in [0.4, 0.5) is 5.69 Å². The number of phenols is 1. The number of anilines is 1. The molecule has 0 unspecified atom stereocenters. The number of aryl methyl sites for hydroxylation is 1. The van der Waals surface area contributed by atoms with E-state index in [1.165, 1.54) is 0 Å². The SMILES string of the molecule is CCN(C(=O)c1cnn(C)c1C)c1cccc(O)c1. The van der Waals surface area contributed by atoms with E-state index in [0.717, 1.165) is 5.69 Å². The molecule has 1 N–H and O–H groups in total. The van der Waals surface area contributed by atoms with Crippen LogP contribution in [0, 0.1) is 6.92 Å². The van der Waals surface area contributed by atoms with Crippen molar-refractivity contribution in [2.45, 2.75) is 13.8 Å². The van der Waals surface area contributed by atoms with Crippen molar-refractivity contribution in [2.75, 3.05) is 11.4 Å². The summed E-state index contributed by atoms with van der Waals surface area (Å²) in [7, 11) is 1.80. The highest BCUT2D eigenvalue weighted by Gasteiger charge is 2.20. The molecule has 2 aromatic rings. The summed E-state index contributed by atoms with van der Waals surface area (Å²) in [6.07, 6.45) is 1.57. The third-order valence-corrected chi connectivity index (χ3v) is 3.17. The molecule has 5 heteroatoms. The summed E-state index contributed by atoms with van der Waals surface area (Å²) < 4.78 is 1.67. The highest BCUT2D eigenvalue weighted by atomic mass is 16.3. The van der Waals surface area contributed by atoms with Gasteiger partial charge in [0.15, 0.2) is 0 Å². The van der Waals surface area contributed by atoms with Gasteiger partial charge in [-0.15, -0.1) is 0 Å². The fraction of sp³-hybridized carbons (Fsp3) is 0.286. The molecule has 2 rings (SSSR count). The molecule has 0 aliphatic carbocycles. The van der Waals surface area contributed by atoms with Gasteiger partial charge in [0, 0.05) is 31.0 Å². The molecule has 0 saturated heterocycles. The number of hydrogen-bond acceptors (Lipinski definition) is 3. The molecular weight excluding hydrogens is 242 g/mol. The zero-order valence-corrected chi connectivity index (χ0v) is 11.3.